The fourth-order valence-electron chi connectivity index (χ4n) is 3.54. The van der Waals surface area contributed by atoms with Gasteiger partial charge in [-0.1, -0.05) is 18.2 Å². The van der Waals surface area contributed by atoms with Crippen LogP contribution in [0.4, 0.5) is 0 Å². The highest BCUT2D eigenvalue weighted by Crippen LogP contribution is 2.33. The Morgan fingerprint density at radius 3 is 2.19 bits per heavy atom. The standard InChI is InChI=1S/C24H29N3O5/c1-4-32-20-10-8-18(9-11-20)21-22(26(13-15-30-2)14-16-31-3)24(29)27(23(21)28)17-19-7-5-6-12-25-19/h5-12H,4,13-17H2,1-3H3. The second-order valence-electron chi connectivity index (χ2n) is 7.17. The molecule has 1 aromatic heterocycles. The van der Waals surface area contributed by atoms with E-state index in [1.807, 2.05) is 17.9 Å². The van der Waals surface area contributed by atoms with Gasteiger partial charge in [-0.25, -0.2) is 0 Å². The van der Waals surface area contributed by atoms with Crippen LogP contribution in [0.15, 0.2) is 54.4 Å². The number of ether oxygens (including phenoxy) is 3. The first kappa shape index (κ1) is 23.4. The first-order valence-corrected chi connectivity index (χ1v) is 10.6. The van der Waals surface area contributed by atoms with Crippen molar-refractivity contribution in [2.24, 2.45) is 0 Å². The van der Waals surface area contributed by atoms with Gasteiger partial charge in [-0.3, -0.25) is 19.5 Å². The molecule has 0 unspecified atom stereocenters. The van der Waals surface area contributed by atoms with Crippen molar-refractivity contribution in [1.82, 2.24) is 14.8 Å². The number of methoxy groups -OCH3 is 2. The van der Waals surface area contributed by atoms with Crippen LogP contribution in [0, 0.1) is 0 Å². The number of rotatable bonds is 12. The normalized spacial score (nSPS) is 13.8. The number of pyridine rings is 1. The van der Waals surface area contributed by atoms with Gasteiger partial charge in [0.25, 0.3) is 11.8 Å². The molecule has 0 saturated heterocycles. The Bertz CT molecular complexity index is 936. The summed E-state index contributed by atoms with van der Waals surface area (Å²) in [5.41, 5.74) is 2.01. The van der Waals surface area contributed by atoms with Crippen molar-refractivity contribution in [2.45, 2.75) is 13.5 Å². The lowest BCUT2D eigenvalue weighted by molar-refractivity contribution is -0.138. The highest BCUT2D eigenvalue weighted by molar-refractivity contribution is 6.35. The second-order valence-corrected chi connectivity index (χ2v) is 7.17. The molecular formula is C24H29N3O5. The summed E-state index contributed by atoms with van der Waals surface area (Å²) in [4.78, 5) is 34.4. The molecule has 0 radical (unpaired) electrons. The van der Waals surface area contributed by atoms with Crippen LogP contribution < -0.4 is 4.74 Å². The van der Waals surface area contributed by atoms with Gasteiger partial charge in [-0.15, -0.1) is 0 Å². The fraction of sp³-hybridized carbons (Fsp3) is 0.375. The van der Waals surface area contributed by atoms with Gasteiger partial charge in [0.05, 0.1) is 37.6 Å². The summed E-state index contributed by atoms with van der Waals surface area (Å²) in [7, 11) is 3.20. The molecule has 0 N–H and O–H groups in total. The van der Waals surface area contributed by atoms with Crippen molar-refractivity contribution in [3.8, 4) is 5.75 Å². The van der Waals surface area contributed by atoms with Crippen molar-refractivity contribution >= 4 is 17.4 Å². The minimum absolute atomic E-state index is 0.102. The predicted molar refractivity (Wildman–Crippen MR) is 120 cm³/mol. The monoisotopic (exact) mass is 439 g/mol. The van der Waals surface area contributed by atoms with Gasteiger partial charge in [0.2, 0.25) is 0 Å². The van der Waals surface area contributed by atoms with E-state index in [2.05, 4.69) is 4.98 Å². The largest absolute Gasteiger partial charge is 0.494 e. The zero-order valence-electron chi connectivity index (χ0n) is 18.7. The van der Waals surface area contributed by atoms with Gasteiger partial charge in [-0.2, -0.15) is 0 Å². The highest BCUT2D eigenvalue weighted by atomic mass is 16.5. The van der Waals surface area contributed by atoms with Gasteiger partial charge in [-0.05, 0) is 36.8 Å². The molecule has 0 saturated carbocycles. The first-order valence-electron chi connectivity index (χ1n) is 10.6. The van der Waals surface area contributed by atoms with Gasteiger partial charge in [0.15, 0.2) is 0 Å². The van der Waals surface area contributed by atoms with Crippen LogP contribution in [0.2, 0.25) is 0 Å². The third-order valence-electron chi connectivity index (χ3n) is 5.09. The first-order chi connectivity index (χ1) is 15.6. The van der Waals surface area contributed by atoms with E-state index < -0.39 is 0 Å². The van der Waals surface area contributed by atoms with E-state index in [1.165, 1.54) is 4.90 Å². The molecule has 1 aromatic carbocycles. The fourth-order valence-corrected chi connectivity index (χ4v) is 3.54. The number of amides is 2. The summed E-state index contributed by atoms with van der Waals surface area (Å²) in [6.45, 7) is 4.28. The molecule has 2 amide bonds. The molecule has 170 valence electrons. The number of hydrogen-bond donors (Lipinski definition) is 0. The number of carbonyl (C=O) groups excluding carboxylic acids is 2. The Morgan fingerprint density at radius 1 is 0.938 bits per heavy atom. The van der Waals surface area contributed by atoms with Crippen LogP contribution in [0.3, 0.4) is 0 Å². The number of aromatic nitrogens is 1. The van der Waals surface area contributed by atoms with Crippen LogP contribution in [-0.4, -0.2) is 73.7 Å². The summed E-state index contributed by atoms with van der Waals surface area (Å²) in [5.74, 6) is 0.00697. The van der Waals surface area contributed by atoms with E-state index in [-0.39, 0.29) is 18.4 Å². The Kier molecular flexibility index (Phi) is 8.35. The average Bonchev–Trinajstić information content (AvgIpc) is 3.05. The van der Waals surface area contributed by atoms with E-state index in [0.717, 1.165) is 0 Å². The lowest BCUT2D eigenvalue weighted by atomic mass is 10.0. The summed E-state index contributed by atoms with van der Waals surface area (Å²) >= 11 is 0. The summed E-state index contributed by atoms with van der Waals surface area (Å²) in [5, 5.41) is 0. The lowest BCUT2D eigenvalue weighted by Gasteiger charge is -2.25. The number of imide groups is 1. The molecule has 1 aliphatic heterocycles. The number of benzene rings is 1. The molecule has 2 aromatic rings. The quantitative estimate of drug-likeness (QED) is 0.470. The number of hydrogen-bond acceptors (Lipinski definition) is 7. The third-order valence-corrected chi connectivity index (χ3v) is 5.09. The molecule has 8 nitrogen and oxygen atoms in total. The molecule has 0 aliphatic carbocycles. The van der Waals surface area contributed by atoms with Crippen molar-refractivity contribution in [1.29, 1.82) is 0 Å². The molecule has 32 heavy (non-hydrogen) atoms. The second kappa shape index (κ2) is 11.4. The summed E-state index contributed by atoms with van der Waals surface area (Å²) in [6.07, 6.45) is 1.64. The molecular weight excluding hydrogens is 410 g/mol. The molecule has 8 heteroatoms. The smallest absolute Gasteiger partial charge is 0.278 e. The molecule has 1 aliphatic rings. The SMILES string of the molecule is CCOc1ccc(C2=C(N(CCOC)CCOC)C(=O)N(Cc3ccccn3)C2=O)cc1. The maximum Gasteiger partial charge on any atom is 0.278 e. The zero-order chi connectivity index (χ0) is 22.9. The average molecular weight is 440 g/mol. The van der Waals surface area contributed by atoms with E-state index >= 15 is 0 Å². The number of carbonyl (C=O) groups is 2. The summed E-state index contributed by atoms with van der Waals surface area (Å²) in [6, 6.07) is 12.6. The third kappa shape index (κ3) is 5.33. The van der Waals surface area contributed by atoms with Crippen LogP contribution >= 0.6 is 0 Å². The Hall–Kier alpha value is -3.23. The molecule has 2 heterocycles. The van der Waals surface area contributed by atoms with E-state index in [4.69, 9.17) is 14.2 Å². The number of nitrogens with zero attached hydrogens (tertiary/aromatic N) is 3. The lowest BCUT2D eigenvalue weighted by Crippen LogP contribution is -2.37. The van der Waals surface area contributed by atoms with Gasteiger partial charge >= 0.3 is 0 Å². The summed E-state index contributed by atoms with van der Waals surface area (Å²) < 4.78 is 16.0. The Balaban J connectivity index is 2.02. The molecule has 0 spiro atoms. The minimum Gasteiger partial charge on any atom is -0.494 e. The Morgan fingerprint density at radius 2 is 1.62 bits per heavy atom. The van der Waals surface area contributed by atoms with E-state index in [1.54, 1.807) is 56.8 Å². The molecule has 0 atom stereocenters. The van der Waals surface area contributed by atoms with Crippen molar-refractivity contribution in [2.75, 3.05) is 47.1 Å². The predicted octanol–water partition coefficient (Wildman–Crippen LogP) is 2.36. The van der Waals surface area contributed by atoms with Crippen molar-refractivity contribution in [3.63, 3.8) is 0 Å². The van der Waals surface area contributed by atoms with E-state index in [0.29, 0.717) is 61.2 Å². The van der Waals surface area contributed by atoms with Crippen molar-refractivity contribution < 1.29 is 23.8 Å². The Labute approximate surface area is 188 Å². The van der Waals surface area contributed by atoms with Gasteiger partial charge in [0, 0.05) is 33.5 Å². The molecule has 0 fully saturated rings. The highest BCUT2D eigenvalue weighted by Gasteiger charge is 2.41. The van der Waals surface area contributed by atoms with Crippen molar-refractivity contribution in [3.05, 3.63) is 65.6 Å². The minimum atomic E-state index is -0.350. The van der Waals surface area contributed by atoms with Crippen LogP contribution in [0.1, 0.15) is 18.2 Å². The van der Waals surface area contributed by atoms with Gasteiger partial charge in [0.1, 0.15) is 11.4 Å². The molecule has 0 bridgehead atoms. The van der Waals surface area contributed by atoms with Crippen LogP contribution in [0.25, 0.3) is 5.57 Å². The van der Waals surface area contributed by atoms with Crippen LogP contribution in [-0.2, 0) is 25.6 Å². The van der Waals surface area contributed by atoms with Gasteiger partial charge < -0.3 is 19.1 Å². The molecule has 3 rings (SSSR count). The maximum absolute atomic E-state index is 13.5. The van der Waals surface area contributed by atoms with Crippen LogP contribution in [0.5, 0.6) is 5.75 Å². The maximum atomic E-state index is 13.5. The topological polar surface area (TPSA) is 81.2 Å². The van der Waals surface area contributed by atoms with E-state index in [9.17, 15) is 9.59 Å². The zero-order valence-corrected chi connectivity index (χ0v) is 18.7.